The number of amides is 2. The predicted octanol–water partition coefficient (Wildman–Crippen LogP) is 3.48. The minimum Gasteiger partial charge on any atom is -0.481 e. The van der Waals surface area contributed by atoms with Crippen LogP contribution in [0.25, 0.3) is 0 Å². The first-order valence-corrected chi connectivity index (χ1v) is 7.67. The van der Waals surface area contributed by atoms with Crippen molar-refractivity contribution in [2.45, 2.75) is 26.7 Å². The van der Waals surface area contributed by atoms with Gasteiger partial charge in [0.05, 0.1) is 11.1 Å². The number of carboxylic acid groups (broad SMARTS) is 1. The average molecular weight is 355 g/mol. The predicted molar refractivity (Wildman–Crippen MR) is 84.4 cm³/mol. The molecule has 0 bridgehead atoms. The normalized spacial score (nSPS) is 17.4. The Hall–Kier alpha value is -1.56. The summed E-state index contributed by atoms with van der Waals surface area (Å²) in [6.07, 6.45) is 0.954. The highest BCUT2D eigenvalue weighted by molar-refractivity contribution is 9.10. The van der Waals surface area contributed by atoms with E-state index in [2.05, 4.69) is 21.2 Å². The second-order valence-electron chi connectivity index (χ2n) is 5.77. The molecule has 0 aromatic heterocycles. The van der Waals surface area contributed by atoms with Gasteiger partial charge in [-0.1, -0.05) is 6.07 Å². The molecule has 0 aliphatic carbocycles. The van der Waals surface area contributed by atoms with Crippen LogP contribution >= 0.6 is 15.9 Å². The van der Waals surface area contributed by atoms with Gasteiger partial charge in [-0.3, -0.25) is 4.79 Å². The van der Waals surface area contributed by atoms with E-state index in [0.717, 1.165) is 15.7 Å². The molecule has 1 fully saturated rings. The summed E-state index contributed by atoms with van der Waals surface area (Å²) in [5.41, 5.74) is 1.11. The highest BCUT2D eigenvalue weighted by Gasteiger charge is 2.38. The van der Waals surface area contributed by atoms with Crippen molar-refractivity contribution >= 4 is 33.6 Å². The van der Waals surface area contributed by atoms with E-state index in [0.29, 0.717) is 25.9 Å². The first-order valence-electron chi connectivity index (χ1n) is 6.87. The van der Waals surface area contributed by atoms with Gasteiger partial charge in [0, 0.05) is 17.6 Å². The molecule has 0 spiro atoms. The van der Waals surface area contributed by atoms with Gasteiger partial charge < -0.3 is 15.3 Å². The molecule has 2 N–H and O–H groups in total. The first-order chi connectivity index (χ1) is 9.82. The molecule has 1 aromatic carbocycles. The van der Waals surface area contributed by atoms with Crippen molar-refractivity contribution < 1.29 is 14.7 Å². The van der Waals surface area contributed by atoms with Crippen molar-refractivity contribution in [3.63, 3.8) is 0 Å². The topological polar surface area (TPSA) is 69.6 Å². The number of nitrogens with one attached hydrogen (secondary N) is 1. The van der Waals surface area contributed by atoms with Crippen LogP contribution in [-0.2, 0) is 4.79 Å². The number of aliphatic carboxylic acids is 1. The third-order valence-corrected chi connectivity index (χ3v) is 4.69. The number of aryl methyl sites for hydroxylation is 1. The highest BCUT2D eigenvalue weighted by atomic mass is 79.9. The maximum atomic E-state index is 12.2. The lowest BCUT2D eigenvalue weighted by Crippen LogP contribution is -2.46. The number of nitrogens with zero attached hydrogens (tertiary/aromatic N) is 1. The zero-order chi connectivity index (χ0) is 15.6. The first kappa shape index (κ1) is 15.8. The molecule has 2 rings (SSSR count). The molecule has 1 heterocycles. The molecule has 0 radical (unpaired) electrons. The number of hydrogen-bond acceptors (Lipinski definition) is 2. The van der Waals surface area contributed by atoms with Crippen molar-refractivity contribution in [2.75, 3.05) is 18.4 Å². The number of rotatable bonds is 2. The zero-order valence-electron chi connectivity index (χ0n) is 12.1. The van der Waals surface area contributed by atoms with E-state index in [1.807, 2.05) is 25.1 Å². The number of urea groups is 1. The van der Waals surface area contributed by atoms with E-state index < -0.39 is 11.4 Å². The summed E-state index contributed by atoms with van der Waals surface area (Å²) in [6, 6.07) is 5.53. The van der Waals surface area contributed by atoms with E-state index >= 15 is 0 Å². The van der Waals surface area contributed by atoms with Gasteiger partial charge in [-0.2, -0.15) is 0 Å². The molecule has 21 heavy (non-hydrogen) atoms. The standard InChI is InChI=1S/C15H19BrN2O3/c1-10-3-4-12(11(16)9-10)17-14(21)18-7-5-15(2,6-8-18)13(19)20/h3-4,9H,5-8H2,1-2H3,(H,17,21)(H,19,20). The van der Waals surface area contributed by atoms with Gasteiger partial charge in [-0.15, -0.1) is 0 Å². The molecule has 0 unspecified atom stereocenters. The van der Waals surface area contributed by atoms with Crippen LogP contribution in [0.4, 0.5) is 10.5 Å². The van der Waals surface area contributed by atoms with Crippen molar-refractivity contribution in [1.29, 1.82) is 0 Å². The fraction of sp³-hybridized carbons (Fsp3) is 0.467. The molecule has 1 aliphatic rings. The van der Waals surface area contributed by atoms with Crippen molar-refractivity contribution in [3.8, 4) is 0 Å². The minimum absolute atomic E-state index is 0.188. The fourth-order valence-corrected chi connectivity index (χ4v) is 2.93. The van der Waals surface area contributed by atoms with E-state index in [1.165, 1.54) is 0 Å². The maximum absolute atomic E-state index is 12.2. The summed E-state index contributed by atoms with van der Waals surface area (Å²) in [5.74, 6) is -0.788. The third-order valence-electron chi connectivity index (χ3n) is 4.04. The highest BCUT2D eigenvalue weighted by Crippen LogP contribution is 2.31. The van der Waals surface area contributed by atoms with Crippen molar-refractivity contribution in [3.05, 3.63) is 28.2 Å². The molecule has 6 heteroatoms. The lowest BCUT2D eigenvalue weighted by molar-refractivity contribution is -0.150. The number of carboxylic acids is 1. The number of hydrogen-bond donors (Lipinski definition) is 2. The summed E-state index contributed by atoms with van der Waals surface area (Å²) in [4.78, 5) is 25.1. The SMILES string of the molecule is Cc1ccc(NC(=O)N2CCC(C)(C(=O)O)CC2)c(Br)c1. The van der Waals surface area contributed by atoms with Gasteiger partial charge in [0.2, 0.25) is 0 Å². The van der Waals surface area contributed by atoms with E-state index in [4.69, 9.17) is 0 Å². The number of likely N-dealkylation sites (tertiary alicyclic amines) is 1. The second kappa shape index (κ2) is 6.05. The van der Waals surface area contributed by atoms with Crippen LogP contribution in [0.5, 0.6) is 0 Å². The Morgan fingerprint density at radius 3 is 2.48 bits per heavy atom. The number of piperidine rings is 1. The molecular weight excluding hydrogens is 336 g/mol. The summed E-state index contributed by atoms with van der Waals surface area (Å²) in [5, 5.41) is 12.1. The molecular formula is C15H19BrN2O3. The molecule has 2 amide bonds. The van der Waals surface area contributed by atoms with Crippen LogP contribution < -0.4 is 5.32 Å². The zero-order valence-corrected chi connectivity index (χ0v) is 13.7. The Morgan fingerprint density at radius 1 is 1.33 bits per heavy atom. The molecule has 1 aliphatic heterocycles. The molecule has 5 nitrogen and oxygen atoms in total. The number of carbonyl (C=O) groups is 2. The number of benzene rings is 1. The summed E-state index contributed by atoms with van der Waals surface area (Å²) >= 11 is 3.43. The van der Waals surface area contributed by atoms with E-state index in [1.54, 1.807) is 11.8 Å². The van der Waals surface area contributed by atoms with Gasteiger partial charge in [0.25, 0.3) is 0 Å². The average Bonchev–Trinajstić information content (AvgIpc) is 2.42. The molecule has 1 aromatic rings. The lowest BCUT2D eigenvalue weighted by atomic mass is 9.80. The Kier molecular flexibility index (Phi) is 4.56. The summed E-state index contributed by atoms with van der Waals surface area (Å²) < 4.78 is 0.836. The van der Waals surface area contributed by atoms with Gasteiger partial charge in [0.1, 0.15) is 0 Å². The second-order valence-corrected chi connectivity index (χ2v) is 6.62. The smallest absolute Gasteiger partial charge is 0.321 e. The van der Waals surface area contributed by atoms with E-state index in [-0.39, 0.29) is 6.03 Å². The Balaban J connectivity index is 1.98. The molecule has 0 atom stereocenters. The van der Waals surface area contributed by atoms with Crippen LogP contribution in [0.15, 0.2) is 22.7 Å². The molecule has 114 valence electrons. The fourth-order valence-electron chi connectivity index (χ4n) is 2.33. The number of carbonyl (C=O) groups excluding carboxylic acids is 1. The summed E-state index contributed by atoms with van der Waals surface area (Å²) in [6.45, 7) is 4.63. The van der Waals surface area contributed by atoms with Crippen molar-refractivity contribution in [2.24, 2.45) is 5.41 Å². The van der Waals surface area contributed by atoms with Crippen LogP contribution in [0.1, 0.15) is 25.3 Å². The maximum Gasteiger partial charge on any atom is 0.321 e. The summed E-state index contributed by atoms with van der Waals surface area (Å²) in [7, 11) is 0. The largest absolute Gasteiger partial charge is 0.481 e. The number of anilines is 1. The van der Waals surface area contributed by atoms with Crippen LogP contribution in [-0.4, -0.2) is 35.1 Å². The Bertz CT molecular complexity index is 566. The van der Waals surface area contributed by atoms with Crippen LogP contribution in [0.3, 0.4) is 0 Å². The Morgan fingerprint density at radius 2 is 1.95 bits per heavy atom. The Labute approximate surface area is 132 Å². The van der Waals surface area contributed by atoms with Crippen LogP contribution in [0, 0.1) is 12.3 Å². The molecule has 1 saturated heterocycles. The lowest BCUT2D eigenvalue weighted by Gasteiger charge is -2.36. The number of halogens is 1. The van der Waals surface area contributed by atoms with Gasteiger partial charge in [0.15, 0.2) is 0 Å². The molecule has 0 saturated carbocycles. The van der Waals surface area contributed by atoms with E-state index in [9.17, 15) is 14.7 Å². The minimum atomic E-state index is -0.788. The third kappa shape index (κ3) is 3.56. The van der Waals surface area contributed by atoms with Crippen LogP contribution in [0.2, 0.25) is 0 Å². The van der Waals surface area contributed by atoms with Gasteiger partial charge in [-0.25, -0.2) is 4.79 Å². The van der Waals surface area contributed by atoms with Crippen molar-refractivity contribution in [1.82, 2.24) is 4.90 Å². The monoisotopic (exact) mass is 354 g/mol. The van der Waals surface area contributed by atoms with Gasteiger partial charge in [-0.05, 0) is 60.3 Å². The van der Waals surface area contributed by atoms with Gasteiger partial charge >= 0.3 is 12.0 Å². The quantitative estimate of drug-likeness (QED) is 0.853.